The molecule has 1 saturated carbocycles. The summed E-state index contributed by atoms with van der Waals surface area (Å²) in [4.78, 5) is 12.6. The Morgan fingerprint density at radius 1 is 1.39 bits per heavy atom. The summed E-state index contributed by atoms with van der Waals surface area (Å²) >= 11 is 12.4. The van der Waals surface area contributed by atoms with Crippen molar-refractivity contribution in [3.8, 4) is 0 Å². The van der Waals surface area contributed by atoms with E-state index in [1.807, 2.05) is 13.0 Å². The van der Waals surface area contributed by atoms with Crippen molar-refractivity contribution < 1.29 is 9.53 Å². The van der Waals surface area contributed by atoms with Crippen LogP contribution in [0.25, 0.3) is 5.70 Å². The zero-order valence-electron chi connectivity index (χ0n) is 12.9. The van der Waals surface area contributed by atoms with Gasteiger partial charge in [-0.05, 0) is 38.0 Å². The molecule has 0 atom stereocenters. The minimum Gasteiger partial charge on any atom is -0.489 e. The highest BCUT2D eigenvalue weighted by molar-refractivity contribution is 6.37. The van der Waals surface area contributed by atoms with Crippen LogP contribution in [0.2, 0.25) is 10.0 Å². The fraction of sp³-hybridized carbons (Fsp3) is 0.278. The Labute approximate surface area is 146 Å². The summed E-state index contributed by atoms with van der Waals surface area (Å²) in [5.41, 5.74) is 7.37. The second kappa shape index (κ2) is 7.71. The van der Waals surface area contributed by atoms with E-state index in [-0.39, 0.29) is 24.0 Å². The first-order valence-electron chi connectivity index (χ1n) is 7.37. The van der Waals surface area contributed by atoms with Crippen molar-refractivity contribution in [3.63, 3.8) is 0 Å². The van der Waals surface area contributed by atoms with Gasteiger partial charge in [-0.25, -0.2) is 0 Å². The molecule has 5 heteroatoms. The molecule has 1 aliphatic carbocycles. The Balaban J connectivity index is 2.38. The van der Waals surface area contributed by atoms with Crippen LogP contribution >= 0.6 is 23.2 Å². The van der Waals surface area contributed by atoms with Crippen molar-refractivity contribution in [1.82, 2.24) is 0 Å². The summed E-state index contributed by atoms with van der Waals surface area (Å²) in [6.45, 7) is 5.67. The van der Waals surface area contributed by atoms with Crippen LogP contribution in [0, 0.1) is 5.92 Å². The molecule has 2 N–H and O–H groups in total. The van der Waals surface area contributed by atoms with E-state index in [4.69, 9.17) is 33.7 Å². The topological polar surface area (TPSA) is 52.3 Å². The Bertz CT molecular complexity index is 668. The monoisotopic (exact) mass is 351 g/mol. The molecule has 0 saturated heterocycles. The summed E-state index contributed by atoms with van der Waals surface area (Å²) in [5, 5.41) is 0.812. The van der Waals surface area contributed by atoms with E-state index in [0.717, 1.165) is 12.8 Å². The van der Waals surface area contributed by atoms with Gasteiger partial charge < -0.3 is 10.5 Å². The number of carbonyl (C=O) groups excluding carboxylic acids is 1. The maximum Gasteiger partial charge on any atom is 0.167 e. The predicted octanol–water partition coefficient (Wildman–Crippen LogP) is 4.75. The highest BCUT2D eigenvalue weighted by Gasteiger charge is 2.33. The van der Waals surface area contributed by atoms with Gasteiger partial charge in [0.2, 0.25) is 0 Å². The number of hydrogen-bond donors (Lipinski definition) is 1. The lowest BCUT2D eigenvalue weighted by Gasteiger charge is -2.15. The first-order chi connectivity index (χ1) is 11.0. The van der Waals surface area contributed by atoms with Gasteiger partial charge >= 0.3 is 0 Å². The molecule has 0 aromatic heterocycles. The molecule has 0 aliphatic heterocycles. The Morgan fingerprint density at radius 2 is 2.00 bits per heavy atom. The Hall–Kier alpha value is -1.71. The van der Waals surface area contributed by atoms with Crippen molar-refractivity contribution in [3.05, 3.63) is 63.9 Å². The normalized spacial score (nSPS) is 15.4. The zero-order valence-corrected chi connectivity index (χ0v) is 14.5. The van der Waals surface area contributed by atoms with E-state index in [1.54, 1.807) is 24.3 Å². The molecule has 2 rings (SSSR count). The molecule has 0 radical (unpaired) electrons. The molecule has 122 valence electrons. The van der Waals surface area contributed by atoms with Crippen LogP contribution in [0.4, 0.5) is 0 Å². The summed E-state index contributed by atoms with van der Waals surface area (Å²) in [6, 6.07) is 5.11. The van der Waals surface area contributed by atoms with Gasteiger partial charge in [0.05, 0.1) is 21.3 Å². The van der Waals surface area contributed by atoms with Crippen molar-refractivity contribution in [1.29, 1.82) is 0 Å². The largest absolute Gasteiger partial charge is 0.489 e. The molecule has 1 aliphatic rings. The van der Waals surface area contributed by atoms with Crippen LogP contribution in [-0.2, 0) is 9.53 Å². The number of benzene rings is 1. The van der Waals surface area contributed by atoms with Crippen molar-refractivity contribution in [2.75, 3.05) is 6.61 Å². The fourth-order valence-corrected chi connectivity index (χ4v) is 2.78. The quantitative estimate of drug-likeness (QED) is 0.438. The number of hydrogen-bond acceptors (Lipinski definition) is 3. The molecule has 1 aromatic carbocycles. The molecule has 1 fully saturated rings. The van der Waals surface area contributed by atoms with Crippen LogP contribution < -0.4 is 5.73 Å². The maximum atomic E-state index is 12.6. The smallest absolute Gasteiger partial charge is 0.167 e. The molecule has 0 bridgehead atoms. The Kier molecular flexibility index (Phi) is 5.91. The highest BCUT2D eigenvalue weighted by Crippen LogP contribution is 2.36. The van der Waals surface area contributed by atoms with Crippen molar-refractivity contribution in [2.24, 2.45) is 11.7 Å². The number of nitrogens with two attached hydrogens (primary N) is 1. The SMILES string of the molecule is C=C(/C=C\C)OCC(C(=O)C1CC1)=C(N)c1c(Cl)cccc1Cl. The molecule has 1 aromatic rings. The third-order valence-corrected chi connectivity index (χ3v) is 4.19. The number of ether oxygens (including phenoxy) is 1. The van der Waals surface area contributed by atoms with Gasteiger partial charge in [0, 0.05) is 11.5 Å². The van der Waals surface area contributed by atoms with Crippen molar-refractivity contribution in [2.45, 2.75) is 19.8 Å². The van der Waals surface area contributed by atoms with Crippen LogP contribution in [0.1, 0.15) is 25.3 Å². The summed E-state index contributed by atoms with van der Waals surface area (Å²) < 4.78 is 5.54. The lowest BCUT2D eigenvalue weighted by atomic mass is 10.0. The maximum absolute atomic E-state index is 12.6. The summed E-state index contributed by atoms with van der Waals surface area (Å²) in [5.74, 6) is 0.474. The molecule has 0 amide bonds. The van der Waals surface area contributed by atoms with Crippen LogP contribution in [0.5, 0.6) is 0 Å². The molecule has 0 heterocycles. The predicted molar refractivity (Wildman–Crippen MR) is 95.2 cm³/mol. The second-order valence-corrected chi connectivity index (χ2v) is 6.20. The van der Waals surface area contributed by atoms with E-state index >= 15 is 0 Å². The summed E-state index contributed by atoms with van der Waals surface area (Å²) in [6.07, 6.45) is 5.28. The van der Waals surface area contributed by atoms with Gasteiger partial charge in [0.25, 0.3) is 0 Å². The number of carbonyl (C=O) groups is 1. The van der Waals surface area contributed by atoms with Crippen LogP contribution in [0.3, 0.4) is 0 Å². The van der Waals surface area contributed by atoms with E-state index in [0.29, 0.717) is 26.9 Å². The number of rotatable bonds is 7. The third-order valence-electron chi connectivity index (χ3n) is 3.56. The third kappa shape index (κ3) is 4.40. The minimum atomic E-state index is -0.00763. The number of allylic oxidation sites excluding steroid dienone is 2. The number of Topliss-reactive ketones (excluding diaryl/α,β-unsaturated/α-hetero) is 1. The van der Waals surface area contributed by atoms with Gasteiger partial charge in [-0.15, -0.1) is 0 Å². The second-order valence-electron chi connectivity index (χ2n) is 5.38. The van der Waals surface area contributed by atoms with E-state index in [2.05, 4.69) is 6.58 Å². The lowest BCUT2D eigenvalue weighted by Crippen LogP contribution is -2.17. The van der Waals surface area contributed by atoms with Crippen LogP contribution in [-0.4, -0.2) is 12.4 Å². The average molecular weight is 352 g/mol. The van der Waals surface area contributed by atoms with Gasteiger partial charge in [-0.2, -0.15) is 0 Å². The van der Waals surface area contributed by atoms with Gasteiger partial charge in [-0.1, -0.05) is 41.9 Å². The minimum absolute atomic E-state index is 0.00763. The first-order valence-corrected chi connectivity index (χ1v) is 8.13. The van der Waals surface area contributed by atoms with E-state index in [9.17, 15) is 4.79 Å². The van der Waals surface area contributed by atoms with Crippen LogP contribution in [0.15, 0.2) is 48.3 Å². The lowest BCUT2D eigenvalue weighted by molar-refractivity contribution is -0.117. The zero-order chi connectivity index (χ0) is 17.0. The standard InChI is InChI=1S/C18H19Cl2NO2/c1-3-5-11(2)23-10-13(18(22)12-8-9-12)17(21)16-14(19)6-4-7-15(16)20/h3-7,12H,2,8-10,21H2,1H3/b5-3-,17-13?. The molecule has 0 unspecified atom stereocenters. The Morgan fingerprint density at radius 3 is 2.52 bits per heavy atom. The molecule has 23 heavy (non-hydrogen) atoms. The average Bonchev–Trinajstić information content (AvgIpc) is 3.32. The molecular formula is C18H19Cl2NO2. The van der Waals surface area contributed by atoms with E-state index < -0.39 is 0 Å². The fourth-order valence-electron chi connectivity index (χ4n) is 2.18. The van der Waals surface area contributed by atoms with Gasteiger partial charge in [-0.3, -0.25) is 4.79 Å². The van der Waals surface area contributed by atoms with Crippen molar-refractivity contribution >= 4 is 34.7 Å². The van der Waals surface area contributed by atoms with Gasteiger partial charge in [0.1, 0.15) is 12.4 Å². The highest BCUT2D eigenvalue weighted by atomic mass is 35.5. The molecular weight excluding hydrogens is 333 g/mol. The van der Waals surface area contributed by atoms with Gasteiger partial charge in [0.15, 0.2) is 5.78 Å². The molecule has 3 nitrogen and oxygen atoms in total. The molecule has 0 spiro atoms. The number of ketones is 1. The van der Waals surface area contributed by atoms with E-state index in [1.165, 1.54) is 0 Å². The first kappa shape index (κ1) is 17.6. The summed E-state index contributed by atoms with van der Waals surface area (Å²) in [7, 11) is 0. The number of halogens is 2.